The molecule has 0 aromatic heterocycles. The summed E-state index contributed by atoms with van der Waals surface area (Å²) < 4.78 is 0. The third-order valence-corrected chi connectivity index (χ3v) is 6.15. The lowest BCUT2D eigenvalue weighted by molar-refractivity contribution is 0.0921. The summed E-state index contributed by atoms with van der Waals surface area (Å²) in [7, 11) is 0. The Morgan fingerprint density at radius 1 is 0.939 bits per heavy atom. The van der Waals surface area contributed by atoms with E-state index in [0.29, 0.717) is 49.7 Å². The summed E-state index contributed by atoms with van der Waals surface area (Å²) in [5.74, 6) is -0.881. The molecule has 1 atom stereocenters. The number of rotatable bonds is 7. The van der Waals surface area contributed by atoms with Gasteiger partial charge in [0.2, 0.25) is 0 Å². The predicted molar refractivity (Wildman–Crippen MR) is 130 cm³/mol. The summed E-state index contributed by atoms with van der Waals surface area (Å²) in [6.07, 6.45) is 0.643. The summed E-state index contributed by atoms with van der Waals surface area (Å²) in [5.41, 5.74) is 3.88. The summed E-state index contributed by atoms with van der Waals surface area (Å²) in [4.78, 5) is 37.9. The van der Waals surface area contributed by atoms with Gasteiger partial charge in [0, 0.05) is 37.7 Å². The quantitative estimate of drug-likeness (QED) is 0.500. The monoisotopic (exact) mass is 470 g/mol. The first-order valence-electron chi connectivity index (χ1n) is 11.4. The van der Waals surface area contributed by atoms with Gasteiger partial charge in [-0.15, -0.1) is 0 Å². The van der Waals surface area contributed by atoms with E-state index in [1.165, 1.54) is 0 Å². The Hall–Kier alpha value is -2.90. The maximum atomic E-state index is 12.9. The van der Waals surface area contributed by atoms with E-state index >= 15 is 0 Å². The van der Waals surface area contributed by atoms with Gasteiger partial charge in [0.1, 0.15) is 0 Å². The molecule has 4 N–H and O–H groups in total. The Morgan fingerprint density at radius 3 is 2.18 bits per heavy atom. The highest BCUT2D eigenvalue weighted by molar-refractivity contribution is 6.35. The number of nitrogens with one attached hydrogen (secondary N) is 4. The van der Waals surface area contributed by atoms with Gasteiger partial charge in [0.05, 0.1) is 16.1 Å². The molecule has 3 rings (SSSR count). The van der Waals surface area contributed by atoms with Gasteiger partial charge in [0.15, 0.2) is 0 Å². The normalized spacial score (nSPS) is 15.2. The first kappa shape index (κ1) is 24.7. The molecule has 0 bridgehead atoms. The molecular weight excluding hydrogens is 440 g/mol. The van der Waals surface area contributed by atoms with Crippen LogP contribution in [0.15, 0.2) is 30.3 Å². The van der Waals surface area contributed by atoms with Gasteiger partial charge < -0.3 is 21.3 Å². The van der Waals surface area contributed by atoms with Crippen LogP contribution in [0.5, 0.6) is 0 Å². The number of amides is 3. The fraction of sp³-hybridized carbons (Fsp3) is 0.400. The molecule has 33 heavy (non-hydrogen) atoms. The van der Waals surface area contributed by atoms with Gasteiger partial charge in [-0.25, -0.2) is 0 Å². The van der Waals surface area contributed by atoms with Crippen molar-refractivity contribution in [2.45, 2.75) is 33.1 Å². The van der Waals surface area contributed by atoms with Crippen molar-refractivity contribution < 1.29 is 14.4 Å². The van der Waals surface area contributed by atoms with Gasteiger partial charge >= 0.3 is 0 Å². The molecule has 3 amide bonds. The number of halogens is 1. The summed E-state index contributed by atoms with van der Waals surface area (Å²) in [6, 6.07) is 9.29. The minimum absolute atomic E-state index is 0.0836. The highest BCUT2D eigenvalue weighted by Crippen LogP contribution is 2.37. The van der Waals surface area contributed by atoms with Crippen molar-refractivity contribution >= 4 is 29.3 Å². The molecule has 0 aliphatic carbocycles. The van der Waals surface area contributed by atoms with Gasteiger partial charge in [-0.1, -0.05) is 23.7 Å². The average Bonchev–Trinajstić information content (AvgIpc) is 3.02. The molecule has 2 aromatic rings. The summed E-state index contributed by atoms with van der Waals surface area (Å²) in [6.45, 7) is 8.33. The Morgan fingerprint density at radius 2 is 1.55 bits per heavy atom. The predicted octanol–water partition coefficient (Wildman–Crippen LogP) is 2.87. The van der Waals surface area contributed by atoms with E-state index in [1.807, 2.05) is 39.0 Å². The van der Waals surface area contributed by atoms with Crippen LogP contribution in [0, 0.1) is 0 Å². The topological polar surface area (TPSA) is 99.3 Å². The molecule has 0 saturated heterocycles. The van der Waals surface area contributed by atoms with Crippen molar-refractivity contribution in [2.24, 2.45) is 0 Å². The molecule has 1 aliphatic rings. The third kappa shape index (κ3) is 5.37. The van der Waals surface area contributed by atoms with Crippen LogP contribution in [-0.2, 0) is 6.42 Å². The van der Waals surface area contributed by atoms with E-state index in [-0.39, 0.29) is 34.8 Å². The van der Waals surface area contributed by atoms with Crippen molar-refractivity contribution in [3.05, 3.63) is 68.7 Å². The number of carbonyl (C=O) groups excluding carboxylic acids is 3. The molecule has 2 aromatic carbocycles. The van der Waals surface area contributed by atoms with Crippen LogP contribution in [0.1, 0.15) is 74.5 Å². The highest BCUT2D eigenvalue weighted by Gasteiger charge is 2.29. The second-order valence-corrected chi connectivity index (χ2v) is 8.27. The SMILES string of the molecule is CCNC(=O)c1ccc(C2CNCCc3c2cc(C(=O)NCC)c(C(=O)NCC)c3Cl)cc1. The van der Waals surface area contributed by atoms with E-state index in [4.69, 9.17) is 11.6 Å². The van der Waals surface area contributed by atoms with Gasteiger partial charge in [-0.05, 0) is 68.6 Å². The van der Waals surface area contributed by atoms with Crippen LogP contribution in [-0.4, -0.2) is 50.4 Å². The van der Waals surface area contributed by atoms with Gasteiger partial charge in [0.25, 0.3) is 17.7 Å². The first-order chi connectivity index (χ1) is 15.9. The molecule has 0 fully saturated rings. The number of hydrogen-bond acceptors (Lipinski definition) is 4. The number of fused-ring (bicyclic) bond motifs is 1. The maximum Gasteiger partial charge on any atom is 0.253 e. The Kier molecular flexibility index (Phi) is 8.47. The molecule has 0 spiro atoms. The van der Waals surface area contributed by atoms with Crippen LogP contribution in [0.2, 0.25) is 5.02 Å². The van der Waals surface area contributed by atoms with E-state index in [0.717, 1.165) is 16.7 Å². The second-order valence-electron chi connectivity index (χ2n) is 7.89. The van der Waals surface area contributed by atoms with E-state index in [9.17, 15) is 14.4 Å². The molecule has 1 unspecified atom stereocenters. The van der Waals surface area contributed by atoms with Crippen molar-refractivity contribution in [1.82, 2.24) is 21.3 Å². The Bertz CT molecular complexity index is 1040. The largest absolute Gasteiger partial charge is 0.352 e. The lowest BCUT2D eigenvalue weighted by Gasteiger charge is -2.22. The van der Waals surface area contributed by atoms with Crippen LogP contribution in [0.3, 0.4) is 0 Å². The smallest absolute Gasteiger partial charge is 0.253 e. The zero-order valence-corrected chi connectivity index (χ0v) is 20.1. The Balaban J connectivity index is 2.12. The van der Waals surface area contributed by atoms with E-state index < -0.39 is 0 Å². The maximum absolute atomic E-state index is 12.9. The standard InChI is InChI=1S/C25H31ClN4O3/c1-4-28-23(31)16-9-7-15(8-10-16)20-14-27-12-11-17-18(20)13-19(24(32)29-5-2)21(22(17)26)25(33)30-6-3/h7-10,13,20,27H,4-6,11-12,14H2,1-3H3,(H,28,31)(H,29,32)(H,30,33). The molecule has 0 saturated carbocycles. The van der Waals surface area contributed by atoms with Crippen LogP contribution in [0.4, 0.5) is 0 Å². The number of hydrogen-bond donors (Lipinski definition) is 4. The zero-order chi connectivity index (χ0) is 24.0. The fourth-order valence-corrected chi connectivity index (χ4v) is 4.57. The summed E-state index contributed by atoms with van der Waals surface area (Å²) >= 11 is 6.81. The lowest BCUT2D eigenvalue weighted by atomic mass is 9.84. The lowest BCUT2D eigenvalue weighted by Crippen LogP contribution is -2.30. The minimum atomic E-state index is -0.355. The van der Waals surface area contributed by atoms with Crippen molar-refractivity contribution in [3.63, 3.8) is 0 Å². The van der Waals surface area contributed by atoms with E-state index in [1.54, 1.807) is 12.1 Å². The van der Waals surface area contributed by atoms with Crippen LogP contribution < -0.4 is 21.3 Å². The molecular formula is C25H31ClN4O3. The van der Waals surface area contributed by atoms with Crippen LogP contribution >= 0.6 is 11.6 Å². The fourth-order valence-electron chi connectivity index (χ4n) is 4.18. The number of carbonyl (C=O) groups is 3. The highest BCUT2D eigenvalue weighted by atomic mass is 35.5. The molecule has 0 radical (unpaired) electrons. The van der Waals surface area contributed by atoms with Gasteiger partial charge in [-0.2, -0.15) is 0 Å². The second kappa shape index (κ2) is 11.3. The zero-order valence-electron chi connectivity index (χ0n) is 19.3. The first-order valence-corrected chi connectivity index (χ1v) is 11.8. The molecule has 7 nitrogen and oxygen atoms in total. The third-order valence-electron chi connectivity index (χ3n) is 5.74. The van der Waals surface area contributed by atoms with Crippen molar-refractivity contribution in [1.29, 1.82) is 0 Å². The molecule has 1 aliphatic heterocycles. The Labute approximate surface area is 199 Å². The van der Waals surface area contributed by atoms with Crippen LogP contribution in [0.25, 0.3) is 0 Å². The molecule has 8 heteroatoms. The summed E-state index contributed by atoms with van der Waals surface area (Å²) in [5, 5.41) is 12.1. The van der Waals surface area contributed by atoms with Crippen molar-refractivity contribution in [2.75, 3.05) is 32.7 Å². The minimum Gasteiger partial charge on any atom is -0.352 e. The van der Waals surface area contributed by atoms with Gasteiger partial charge in [-0.3, -0.25) is 14.4 Å². The molecule has 1 heterocycles. The average molecular weight is 471 g/mol. The van der Waals surface area contributed by atoms with Crippen molar-refractivity contribution in [3.8, 4) is 0 Å². The molecule has 176 valence electrons. The number of benzene rings is 2. The van der Waals surface area contributed by atoms with E-state index in [2.05, 4.69) is 21.3 Å².